The molecule has 0 aliphatic heterocycles. The average molecular weight is 293 g/mol. The highest BCUT2D eigenvalue weighted by atomic mass is 79.9. The number of Topliss-reactive ketones (excluding diaryl/α,β-unsaturated/α-hetero) is 1. The fourth-order valence-electron chi connectivity index (χ4n) is 1.64. The lowest BCUT2D eigenvalue weighted by Gasteiger charge is -2.00. The molecule has 0 radical (unpaired) electrons. The maximum Gasteiger partial charge on any atom is 0.137 e. The molecular weight excluding hydrogens is 280 g/mol. The van der Waals surface area contributed by atoms with Crippen molar-refractivity contribution in [3.63, 3.8) is 0 Å². The fraction of sp³-hybridized carbons (Fsp3) is 0.214. The fourth-order valence-corrected chi connectivity index (χ4v) is 1.90. The van der Waals surface area contributed by atoms with Crippen molar-refractivity contribution in [3.05, 3.63) is 58.5 Å². The molecule has 0 saturated heterocycles. The monoisotopic (exact) mass is 292 g/mol. The molecule has 17 heavy (non-hydrogen) atoms. The molecule has 0 bridgehead atoms. The summed E-state index contributed by atoms with van der Waals surface area (Å²) in [6.45, 7) is 0. The summed E-state index contributed by atoms with van der Waals surface area (Å²) >= 11 is 3.37. The van der Waals surface area contributed by atoms with Crippen LogP contribution < -0.4 is 0 Å². The number of aryl methyl sites for hydroxylation is 1. The molecule has 0 spiro atoms. The van der Waals surface area contributed by atoms with Crippen molar-refractivity contribution in [2.24, 2.45) is 0 Å². The first-order valence-electron chi connectivity index (χ1n) is 5.52. The minimum atomic E-state index is 0.240. The summed E-state index contributed by atoms with van der Waals surface area (Å²) in [5.41, 5.74) is 1.05. The van der Waals surface area contributed by atoms with Crippen LogP contribution in [0.5, 0.6) is 0 Å². The van der Waals surface area contributed by atoms with Crippen molar-refractivity contribution < 1.29 is 9.21 Å². The van der Waals surface area contributed by atoms with Gasteiger partial charge in [-0.15, -0.1) is 0 Å². The molecule has 2 nitrogen and oxygen atoms in total. The molecule has 3 heteroatoms. The molecular formula is C14H13BrO2. The zero-order valence-corrected chi connectivity index (χ0v) is 10.9. The van der Waals surface area contributed by atoms with E-state index in [0.29, 0.717) is 19.3 Å². The predicted octanol–water partition coefficient (Wildman–Crippen LogP) is 3.79. The zero-order valence-electron chi connectivity index (χ0n) is 9.36. The molecule has 2 rings (SSSR count). The second-order valence-corrected chi connectivity index (χ2v) is 4.84. The largest absolute Gasteiger partial charge is 0.469 e. The summed E-state index contributed by atoms with van der Waals surface area (Å²) in [6.07, 6.45) is 3.34. The van der Waals surface area contributed by atoms with E-state index in [9.17, 15) is 4.79 Å². The van der Waals surface area contributed by atoms with Crippen LogP contribution in [-0.2, 0) is 17.6 Å². The molecule has 0 amide bonds. The van der Waals surface area contributed by atoms with Gasteiger partial charge in [0.2, 0.25) is 0 Å². The summed E-state index contributed by atoms with van der Waals surface area (Å²) in [4.78, 5) is 11.7. The SMILES string of the molecule is O=C(CCc1ccco1)Cc1ccc(Br)cc1. The Hall–Kier alpha value is -1.35. The number of carbonyl (C=O) groups is 1. The minimum absolute atomic E-state index is 0.240. The molecule has 0 atom stereocenters. The predicted molar refractivity (Wildman–Crippen MR) is 69.9 cm³/mol. The number of ketones is 1. The number of rotatable bonds is 5. The van der Waals surface area contributed by atoms with Gasteiger partial charge in [-0.2, -0.15) is 0 Å². The van der Waals surface area contributed by atoms with Crippen LogP contribution in [0.2, 0.25) is 0 Å². The quantitative estimate of drug-likeness (QED) is 0.839. The Morgan fingerprint density at radius 1 is 1.18 bits per heavy atom. The third-order valence-corrected chi connectivity index (χ3v) is 3.07. The maximum absolute atomic E-state index is 11.7. The molecule has 0 aliphatic rings. The molecule has 0 unspecified atom stereocenters. The Balaban J connectivity index is 1.83. The van der Waals surface area contributed by atoms with Gasteiger partial charge < -0.3 is 4.42 Å². The highest BCUT2D eigenvalue weighted by molar-refractivity contribution is 9.10. The molecule has 2 aromatic rings. The zero-order chi connectivity index (χ0) is 12.1. The van der Waals surface area contributed by atoms with Crippen molar-refractivity contribution >= 4 is 21.7 Å². The van der Waals surface area contributed by atoms with Gasteiger partial charge in [0.15, 0.2) is 0 Å². The lowest BCUT2D eigenvalue weighted by molar-refractivity contribution is -0.118. The molecule has 1 aromatic carbocycles. The van der Waals surface area contributed by atoms with Crippen LogP contribution in [0.1, 0.15) is 17.7 Å². The van der Waals surface area contributed by atoms with Gasteiger partial charge in [-0.05, 0) is 29.8 Å². The standard InChI is InChI=1S/C14H13BrO2/c15-12-5-3-11(4-6-12)10-13(16)7-8-14-2-1-9-17-14/h1-6,9H,7-8,10H2. The van der Waals surface area contributed by atoms with E-state index in [4.69, 9.17) is 4.42 Å². The van der Waals surface area contributed by atoms with Crippen LogP contribution in [0.25, 0.3) is 0 Å². The van der Waals surface area contributed by atoms with Crippen LogP contribution in [0.4, 0.5) is 0 Å². The van der Waals surface area contributed by atoms with E-state index in [2.05, 4.69) is 15.9 Å². The summed E-state index contributed by atoms with van der Waals surface area (Å²) < 4.78 is 6.22. The number of furan rings is 1. The lowest BCUT2D eigenvalue weighted by atomic mass is 10.1. The molecule has 0 aliphatic carbocycles. The van der Waals surface area contributed by atoms with Crippen LogP contribution in [0.3, 0.4) is 0 Å². The van der Waals surface area contributed by atoms with Crippen molar-refractivity contribution in [2.45, 2.75) is 19.3 Å². The average Bonchev–Trinajstić information content (AvgIpc) is 2.83. The number of halogens is 1. The second kappa shape index (κ2) is 5.82. The van der Waals surface area contributed by atoms with Gasteiger partial charge in [-0.3, -0.25) is 4.79 Å². The van der Waals surface area contributed by atoms with Gasteiger partial charge >= 0.3 is 0 Å². The maximum atomic E-state index is 11.7. The first-order valence-corrected chi connectivity index (χ1v) is 6.32. The van der Waals surface area contributed by atoms with E-state index in [1.165, 1.54) is 0 Å². The van der Waals surface area contributed by atoms with E-state index in [1.54, 1.807) is 6.26 Å². The summed E-state index contributed by atoms with van der Waals surface area (Å²) in [5.74, 6) is 1.11. The van der Waals surface area contributed by atoms with Gasteiger partial charge in [0, 0.05) is 23.7 Å². The lowest BCUT2D eigenvalue weighted by Crippen LogP contribution is -2.03. The van der Waals surface area contributed by atoms with E-state index in [-0.39, 0.29) is 5.78 Å². The third kappa shape index (κ3) is 3.86. The van der Waals surface area contributed by atoms with Crippen molar-refractivity contribution in [1.29, 1.82) is 0 Å². The summed E-state index contributed by atoms with van der Waals surface area (Å²) in [7, 11) is 0. The Morgan fingerprint density at radius 3 is 2.59 bits per heavy atom. The van der Waals surface area contributed by atoms with E-state index < -0.39 is 0 Å². The normalized spacial score (nSPS) is 10.4. The Kier molecular flexibility index (Phi) is 4.15. The van der Waals surface area contributed by atoms with Crippen molar-refractivity contribution in [1.82, 2.24) is 0 Å². The van der Waals surface area contributed by atoms with Gasteiger partial charge in [-0.1, -0.05) is 28.1 Å². The van der Waals surface area contributed by atoms with E-state index in [1.807, 2.05) is 36.4 Å². The molecule has 0 N–H and O–H groups in total. The first kappa shape index (κ1) is 12.1. The van der Waals surface area contributed by atoms with Crippen molar-refractivity contribution in [3.8, 4) is 0 Å². The Morgan fingerprint density at radius 2 is 1.94 bits per heavy atom. The van der Waals surface area contributed by atoms with E-state index >= 15 is 0 Å². The Bertz CT molecular complexity index is 471. The second-order valence-electron chi connectivity index (χ2n) is 3.92. The minimum Gasteiger partial charge on any atom is -0.469 e. The molecule has 88 valence electrons. The third-order valence-electron chi connectivity index (χ3n) is 2.54. The molecule has 1 aromatic heterocycles. The topological polar surface area (TPSA) is 30.2 Å². The van der Waals surface area contributed by atoms with Gasteiger partial charge in [0.05, 0.1) is 6.26 Å². The van der Waals surface area contributed by atoms with Gasteiger partial charge in [0.1, 0.15) is 11.5 Å². The number of hydrogen-bond donors (Lipinski definition) is 0. The highest BCUT2D eigenvalue weighted by Crippen LogP contribution is 2.12. The highest BCUT2D eigenvalue weighted by Gasteiger charge is 2.05. The number of benzene rings is 1. The number of carbonyl (C=O) groups excluding carboxylic acids is 1. The summed E-state index contributed by atoms with van der Waals surface area (Å²) in [6, 6.07) is 11.6. The summed E-state index contributed by atoms with van der Waals surface area (Å²) in [5, 5.41) is 0. The molecule has 0 fully saturated rings. The molecule has 1 heterocycles. The van der Waals surface area contributed by atoms with Gasteiger partial charge in [0.25, 0.3) is 0 Å². The van der Waals surface area contributed by atoms with E-state index in [0.717, 1.165) is 15.8 Å². The Labute approximate surface area is 109 Å². The first-order chi connectivity index (χ1) is 8.24. The molecule has 0 saturated carbocycles. The van der Waals surface area contributed by atoms with Crippen LogP contribution in [0.15, 0.2) is 51.6 Å². The smallest absolute Gasteiger partial charge is 0.137 e. The van der Waals surface area contributed by atoms with Crippen LogP contribution in [0, 0.1) is 0 Å². The van der Waals surface area contributed by atoms with Crippen molar-refractivity contribution in [2.75, 3.05) is 0 Å². The van der Waals surface area contributed by atoms with Crippen LogP contribution >= 0.6 is 15.9 Å². The van der Waals surface area contributed by atoms with Crippen LogP contribution in [-0.4, -0.2) is 5.78 Å². The number of hydrogen-bond acceptors (Lipinski definition) is 2. The van der Waals surface area contributed by atoms with Gasteiger partial charge in [-0.25, -0.2) is 0 Å².